The molecule has 2 N–H and O–H groups in total. The Morgan fingerprint density at radius 2 is 1.76 bits per heavy atom. The monoisotopic (exact) mass is 279 g/mol. The molecule has 110 valence electrons. The van der Waals surface area contributed by atoms with Crippen molar-refractivity contribution in [3.63, 3.8) is 0 Å². The van der Waals surface area contributed by atoms with E-state index < -0.39 is 0 Å². The highest BCUT2D eigenvalue weighted by molar-refractivity contribution is 5.44. The van der Waals surface area contributed by atoms with Gasteiger partial charge in [0.1, 0.15) is 0 Å². The van der Waals surface area contributed by atoms with Gasteiger partial charge in [0.05, 0.1) is 5.54 Å². The second-order valence-electron chi connectivity index (χ2n) is 6.28. The minimum Gasteiger partial charge on any atom is -0.318 e. The average molecular weight is 279 g/mol. The number of fused-ring (bicyclic) bond motifs is 1. The maximum Gasteiger partial charge on any atom is 0.0668 e. The van der Waals surface area contributed by atoms with E-state index >= 15 is 0 Å². The summed E-state index contributed by atoms with van der Waals surface area (Å²) in [6.45, 7) is 2.22. The van der Waals surface area contributed by atoms with E-state index in [1.807, 2.05) is 0 Å². The van der Waals surface area contributed by atoms with Crippen molar-refractivity contribution < 1.29 is 0 Å². The van der Waals surface area contributed by atoms with E-state index in [-0.39, 0.29) is 5.54 Å². The third-order valence-corrected chi connectivity index (χ3v) is 4.77. The van der Waals surface area contributed by atoms with E-state index in [0.29, 0.717) is 0 Å². The minimum atomic E-state index is -0.322. The number of hydrogen-bond donors (Lipinski definition) is 1. The van der Waals surface area contributed by atoms with E-state index in [9.17, 15) is 0 Å². The van der Waals surface area contributed by atoms with Crippen LogP contribution in [-0.4, -0.2) is 0 Å². The lowest BCUT2D eigenvalue weighted by Gasteiger charge is -2.31. The van der Waals surface area contributed by atoms with Gasteiger partial charge in [-0.1, -0.05) is 68.3 Å². The minimum absolute atomic E-state index is 0.322. The van der Waals surface area contributed by atoms with Crippen molar-refractivity contribution in [1.29, 1.82) is 0 Å². The Morgan fingerprint density at radius 3 is 2.52 bits per heavy atom. The van der Waals surface area contributed by atoms with Crippen LogP contribution in [0, 0.1) is 0 Å². The van der Waals surface area contributed by atoms with Crippen LogP contribution in [0.15, 0.2) is 48.5 Å². The molecule has 1 aliphatic carbocycles. The van der Waals surface area contributed by atoms with Gasteiger partial charge in [-0.25, -0.2) is 0 Å². The summed E-state index contributed by atoms with van der Waals surface area (Å²) >= 11 is 0. The summed E-state index contributed by atoms with van der Waals surface area (Å²) in [5.41, 5.74) is 12.0. The van der Waals surface area contributed by atoms with Crippen LogP contribution in [0.25, 0.3) is 0 Å². The van der Waals surface area contributed by atoms with Crippen molar-refractivity contribution in [2.75, 3.05) is 0 Å². The lowest BCUT2D eigenvalue weighted by molar-refractivity contribution is 0.479. The number of benzene rings is 2. The van der Waals surface area contributed by atoms with Gasteiger partial charge in [0.15, 0.2) is 0 Å². The molecule has 2 aromatic carbocycles. The molecule has 0 bridgehead atoms. The molecule has 0 radical (unpaired) electrons. The molecule has 0 spiro atoms. The van der Waals surface area contributed by atoms with Crippen LogP contribution >= 0.6 is 0 Å². The van der Waals surface area contributed by atoms with Gasteiger partial charge in [-0.15, -0.1) is 0 Å². The van der Waals surface area contributed by atoms with E-state index in [1.165, 1.54) is 41.5 Å². The molecule has 0 saturated heterocycles. The van der Waals surface area contributed by atoms with Crippen LogP contribution in [-0.2, 0) is 18.4 Å². The zero-order chi connectivity index (χ0) is 14.7. The van der Waals surface area contributed by atoms with Gasteiger partial charge in [0.25, 0.3) is 0 Å². The first kappa shape index (κ1) is 14.3. The van der Waals surface area contributed by atoms with Crippen LogP contribution in [0.4, 0.5) is 0 Å². The summed E-state index contributed by atoms with van der Waals surface area (Å²) in [5, 5.41) is 0. The van der Waals surface area contributed by atoms with E-state index in [0.717, 1.165) is 19.3 Å². The summed E-state index contributed by atoms with van der Waals surface area (Å²) in [7, 11) is 0. The fourth-order valence-corrected chi connectivity index (χ4v) is 3.58. The van der Waals surface area contributed by atoms with Crippen LogP contribution in [0.5, 0.6) is 0 Å². The molecule has 2 aromatic rings. The first-order chi connectivity index (χ1) is 10.2. The summed E-state index contributed by atoms with van der Waals surface area (Å²) in [4.78, 5) is 0. The van der Waals surface area contributed by atoms with Gasteiger partial charge in [-0.3, -0.25) is 0 Å². The second-order valence-corrected chi connectivity index (χ2v) is 6.28. The molecule has 0 heterocycles. The summed E-state index contributed by atoms with van der Waals surface area (Å²) in [6.07, 6.45) is 6.97. The van der Waals surface area contributed by atoms with Gasteiger partial charge in [0, 0.05) is 0 Å². The third-order valence-electron chi connectivity index (χ3n) is 4.77. The molecule has 0 aliphatic heterocycles. The third kappa shape index (κ3) is 2.75. The fraction of sp³-hybridized carbons (Fsp3) is 0.400. The summed E-state index contributed by atoms with van der Waals surface area (Å²) < 4.78 is 0. The maximum absolute atomic E-state index is 6.92. The molecule has 1 unspecified atom stereocenters. The molecule has 21 heavy (non-hydrogen) atoms. The van der Waals surface area contributed by atoms with Gasteiger partial charge in [-0.2, -0.15) is 0 Å². The molecule has 0 fully saturated rings. The first-order valence-corrected chi connectivity index (χ1v) is 8.21. The van der Waals surface area contributed by atoms with Gasteiger partial charge >= 0.3 is 0 Å². The molecular formula is C20H25N. The predicted octanol–water partition coefficient (Wildman–Crippen LogP) is 4.57. The van der Waals surface area contributed by atoms with Crippen LogP contribution in [0.2, 0.25) is 0 Å². The molecule has 0 saturated carbocycles. The summed E-state index contributed by atoms with van der Waals surface area (Å²) in [5.74, 6) is 0. The Kier molecular flexibility index (Phi) is 4.12. The molecular weight excluding hydrogens is 254 g/mol. The number of rotatable bonds is 3. The van der Waals surface area contributed by atoms with Crippen molar-refractivity contribution in [3.05, 3.63) is 70.8 Å². The quantitative estimate of drug-likeness (QED) is 0.818. The standard InChI is InChI=1S/C20H25N/c1-2-7-16-11-13-18(14-12-16)20(21)15-6-5-9-17-8-3-4-10-19(17)20/h3-4,8,10-14H,2,5-7,9,15,21H2,1H3. The van der Waals surface area contributed by atoms with E-state index in [1.54, 1.807) is 0 Å². The van der Waals surface area contributed by atoms with Crippen molar-refractivity contribution in [2.24, 2.45) is 5.73 Å². The topological polar surface area (TPSA) is 26.0 Å². The second kappa shape index (κ2) is 6.03. The molecule has 0 aromatic heterocycles. The van der Waals surface area contributed by atoms with Gasteiger partial charge in [-0.05, 0) is 47.9 Å². The van der Waals surface area contributed by atoms with Crippen molar-refractivity contribution >= 4 is 0 Å². The highest BCUT2D eigenvalue weighted by Gasteiger charge is 2.32. The highest BCUT2D eigenvalue weighted by atomic mass is 14.7. The van der Waals surface area contributed by atoms with Gasteiger partial charge in [0.2, 0.25) is 0 Å². The van der Waals surface area contributed by atoms with Gasteiger partial charge < -0.3 is 5.73 Å². The Balaban J connectivity index is 2.02. The lowest BCUT2D eigenvalue weighted by Crippen LogP contribution is -2.38. The van der Waals surface area contributed by atoms with Crippen LogP contribution in [0.1, 0.15) is 54.9 Å². The molecule has 0 amide bonds. The molecule has 1 aliphatic rings. The number of nitrogens with two attached hydrogens (primary N) is 1. The van der Waals surface area contributed by atoms with Crippen molar-refractivity contribution in [2.45, 2.75) is 51.0 Å². The smallest absolute Gasteiger partial charge is 0.0668 e. The average Bonchev–Trinajstić information content (AvgIpc) is 2.69. The lowest BCUT2D eigenvalue weighted by atomic mass is 9.79. The molecule has 1 atom stereocenters. The molecule has 1 nitrogen and oxygen atoms in total. The zero-order valence-corrected chi connectivity index (χ0v) is 12.9. The van der Waals surface area contributed by atoms with E-state index in [2.05, 4.69) is 55.5 Å². The molecule has 3 rings (SSSR count). The Labute approximate surface area is 128 Å². The SMILES string of the molecule is CCCc1ccc(C2(N)CCCCc3ccccc32)cc1. The highest BCUT2D eigenvalue weighted by Crippen LogP contribution is 2.37. The Hall–Kier alpha value is -1.60. The Morgan fingerprint density at radius 1 is 1.00 bits per heavy atom. The van der Waals surface area contributed by atoms with E-state index in [4.69, 9.17) is 5.73 Å². The number of aryl methyl sites for hydroxylation is 2. The van der Waals surface area contributed by atoms with Crippen LogP contribution < -0.4 is 5.73 Å². The van der Waals surface area contributed by atoms with Crippen molar-refractivity contribution in [1.82, 2.24) is 0 Å². The zero-order valence-electron chi connectivity index (χ0n) is 12.9. The van der Waals surface area contributed by atoms with Crippen molar-refractivity contribution in [3.8, 4) is 0 Å². The summed E-state index contributed by atoms with van der Waals surface area (Å²) in [6, 6.07) is 17.7. The van der Waals surface area contributed by atoms with Crippen LogP contribution in [0.3, 0.4) is 0 Å². The largest absolute Gasteiger partial charge is 0.318 e. The normalized spacial score (nSPS) is 21.6. The molecule has 1 heteroatoms. The first-order valence-electron chi connectivity index (χ1n) is 8.21. The predicted molar refractivity (Wildman–Crippen MR) is 89.4 cm³/mol. The Bertz CT molecular complexity index is 599. The maximum atomic E-state index is 6.92. The fourth-order valence-electron chi connectivity index (χ4n) is 3.58. The number of hydrogen-bond acceptors (Lipinski definition) is 1.